The molecule has 4 heteroatoms. The van der Waals surface area contributed by atoms with Crippen LogP contribution in [0.4, 0.5) is 0 Å². The molecule has 0 aliphatic carbocycles. The van der Waals surface area contributed by atoms with E-state index in [2.05, 4.69) is 71.7 Å². The summed E-state index contributed by atoms with van der Waals surface area (Å²) in [5.41, 5.74) is 8.11. The number of nitriles is 1. The highest BCUT2D eigenvalue weighted by Crippen LogP contribution is 2.27. The van der Waals surface area contributed by atoms with E-state index < -0.39 is 0 Å². The first-order chi connectivity index (χ1) is 13.6. The first kappa shape index (κ1) is 17.8. The van der Waals surface area contributed by atoms with E-state index in [1.165, 1.54) is 11.3 Å². The number of para-hydroxylation sites is 3. The van der Waals surface area contributed by atoms with Gasteiger partial charge in [-0.3, -0.25) is 0 Å². The van der Waals surface area contributed by atoms with E-state index in [1.807, 2.05) is 30.3 Å². The number of nitrogens with one attached hydrogen (secondary N) is 1. The van der Waals surface area contributed by atoms with Crippen LogP contribution >= 0.6 is 0 Å². The molecule has 4 aromatic rings. The third kappa shape index (κ3) is 3.01. The molecule has 2 heterocycles. The number of allylic oxidation sites excluding steroid dienone is 1. The smallest absolute Gasteiger partial charge is 0.149 e. The summed E-state index contributed by atoms with van der Waals surface area (Å²) in [5.74, 6) is 0.600. The summed E-state index contributed by atoms with van der Waals surface area (Å²) < 4.78 is 2.26. The molecule has 4 nitrogen and oxygen atoms in total. The fourth-order valence-corrected chi connectivity index (χ4v) is 3.72. The maximum atomic E-state index is 9.75. The number of aromatic amines is 1. The number of imidazole rings is 1. The predicted octanol–water partition coefficient (Wildman–Crippen LogP) is 5.60. The van der Waals surface area contributed by atoms with Gasteiger partial charge in [-0.15, -0.1) is 0 Å². The molecule has 1 N–H and O–H groups in total. The van der Waals surface area contributed by atoms with Crippen LogP contribution in [-0.4, -0.2) is 14.5 Å². The summed E-state index contributed by atoms with van der Waals surface area (Å²) in [6.07, 6.45) is 2.89. The Hall–Kier alpha value is -3.58. The zero-order valence-electron chi connectivity index (χ0n) is 16.3. The van der Waals surface area contributed by atoms with Crippen molar-refractivity contribution >= 4 is 22.7 Å². The van der Waals surface area contributed by atoms with Gasteiger partial charge in [-0.05, 0) is 61.7 Å². The van der Waals surface area contributed by atoms with Crippen LogP contribution in [0.1, 0.15) is 35.3 Å². The number of aromatic nitrogens is 3. The van der Waals surface area contributed by atoms with Gasteiger partial charge < -0.3 is 9.55 Å². The SMILES string of the molecule is CCc1ccccc1-n1c(C)cc(/C=C(/C#N)c2nc3ccccc3[nH]2)c1C. The lowest BCUT2D eigenvalue weighted by Crippen LogP contribution is -2.02. The van der Waals surface area contributed by atoms with Crippen molar-refractivity contribution in [2.45, 2.75) is 27.2 Å². The average molecular weight is 366 g/mol. The Morgan fingerprint density at radius 1 is 1.14 bits per heavy atom. The Morgan fingerprint density at radius 3 is 2.64 bits per heavy atom. The van der Waals surface area contributed by atoms with E-state index in [0.717, 1.165) is 34.4 Å². The molecule has 0 fully saturated rings. The molecule has 0 aliphatic heterocycles. The molecule has 2 aromatic heterocycles. The third-order valence-corrected chi connectivity index (χ3v) is 5.15. The van der Waals surface area contributed by atoms with Crippen molar-refractivity contribution in [1.82, 2.24) is 14.5 Å². The minimum Gasteiger partial charge on any atom is -0.337 e. The summed E-state index contributed by atoms with van der Waals surface area (Å²) in [6, 6.07) is 20.7. The molecule has 28 heavy (non-hydrogen) atoms. The van der Waals surface area contributed by atoms with Crippen LogP contribution in [0.2, 0.25) is 0 Å². The lowest BCUT2D eigenvalue weighted by molar-refractivity contribution is 0.936. The summed E-state index contributed by atoms with van der Waals surface area (Å²) in [5, 5.41) is 9.75. The number of rotatable bonds is 4. The molecule has 2 aromatic carbocycles. The highest BCUT2D eigenvalue weighted by Gasteiger charge is 2.14. The topological polar surface area (TPSA) is 57.4 Å². The highest BCUT2D eigenvalue weighted by molar-refractivity contribution is 5.90. The molecule has 0 saturated carbocycles. The fraction of sp³-hybridized carbons (Fsp3) is 0.167. The summed E-state index contributed by atoms with van der Waals surface area (Å²) >= 11 is 0. The molecule has 0 unspecified atom stereocenters. The summed E-state index contributed by atoms with van der Waals surface area (Å²) in [6.45, 7) is 6.37. The van der Waals surface area contributed by atoms with Crippen LogP contribution < -0.4 is 0 Å². The van der Waals surface area contributed by atoms with Crippen LogP contribution in [0.15, 0.2) is 54.6 Å². The van der Waals surface area contributed by atoms with Crippen molar-refractivity contribution in [2.75, 3.05) is 0 Å². The predicted molar refractivity (Wildman–Crippen MR) is 114 cm³/mol. The largest absolute Gasteiger partial charge is 0.337 e. The van der Waals surface area contributed by atoms with Crippen LogP contribution in [0.25, 0.3) is 28.4 Å². The van der Waals surface area contributed by atoms with Gasteiger partial charge in [-0.1, -0.05) is 37.3 Å². The number of aryl methyl sites for hydroxylation is 2. The van der Waals surface area contributed by atoms with E-state index in [1.54, 1.807) is 0 Å². The fourth-order valence-electron chi connectivity index (χ4n) is 3.72. The zero-order chi connectivity index (χ0) is 19.7. The Kier molecular flexibility index (Phi) is 4.58. The second kappa shape index (κ2) is 7.21. The lowest BCUT2D eigenvalue weighted by atomic mass is 10.1. The number of hydrogen-bond donors (Lipinski definition) is 1. The Bertz CT molecular complexity index is 1200. The van der Waals surface area contributed by atoms with Crippen molar-refractivity contribution in [3.8, 4) is 11.8 Å². The van der Waals surface area contributed by atoms with E-state index in [-0.39, 0.29) is 0 Å². The van der Waals surface area contributed by atoms with Gasteiger partial charge in [-0.25, -0.2) is 4.98 Å². The zero-order valence-corrected chi connectivity index (χ0v) is 16.3. The molecule has 0 atom stereocenters. The maximum absolute atomic E-state index is 9.75. The monoisotopic (exact) mass is 366 g/mol. The molecular formula is C24H22N4. The first-order valence-electron chi connectivity index (χ1n) is 9.46. The van der Waals surface area contributed by atoms with Gasteiger partial charge in [-0.2, -0.15) is 5.26 Å². The second-order valence-corrected chi connectivity index (χ2v) is 6.92. The molecule has 0 spiro atoms. The van der Waals surface area contributed by atoms with Gasteiger partial charge in [0.2, 0.25) is 0 Å². The van der Waals surface area contributed by atoms with Gasteiger partial charge in [0.15, 0.2) is 0 Å². The quantitative estimate of drug-likeness (QED) is 0.478. The van der Waals surface area contributed by atoms with E-state index in [0.29, 0.717) is 11.4 Å². The molecule has 138 valence electrons. The third-order valence-electron chi connectivity index (χ3n) is 5.15. The van der Waals surface area contributed by atoms with Crippen molar-refractivity contribution in [3.63, 3.8) is 0 Å². The molecule has 0 amide bonds. The lowest BCUT2D eigenvalue weighted by Gasteiger charge is -2.14. The normalized spacial score (nSPS) is 11.7. The van der Waals surface area contributed by atoms with Gasteiger partial charge in [0.1, 0.15) is 11.9 Å². The number of H-pyrrole nitrogens is 1. The molecular weight excluding hydrogens is 344 g/mol. The van der Waals surface area contributed by atoms with Crippen LogP contribution in [0.5, 0.6) is 0 Å². The summed E-state index contributed by atoms with van der Waals surface area (Å²) in [4.78, 5) is 7.82. The van der Waals surface area contributed by atoms with Crippen LogP contribution in [-0.2, 0) is 6.42 Å². The Labute approximate surface area is 164 Å². The van der Waals surface area contributed by atoms with Gasteiger partial charge in [0.25, 0.3) is 0 Å². The van der Waals surface area contributed by atoms with Gasteiger partial charge in [0.05, 0.1) is 16.6 Å². The van der Waals surface area contributed by atoms with Crippen molar-refractivity contribution in [1.29, 1.82) is 5.26 Å². The highest BCUT2D eigenvalue weighted by atomic mass is 15.0. The van der Waals surface area contributed by atoms with Gasteiger partial charge >= 0.3 is 0 Å². The molecule has 4 rings (SSSR count). The van der Waals surface area contributed by atoms with Gasteiger partial charge in [0, 0.05) is 17.1 Å². The average Bonchev–Trinajstić information content (AvgIpc) is 3.26. The van der Waals surface area contributed by atoms with Crippen LogP contribution in [0.3, 0.4) is 0 Å². The van der Waals surface area contributed by atoms with Crippen molar-refractivity contribution < 1.29 is 0 Å². The number of nitrogens with zero attached hydrogens (tertiary/aromatic N) is 3. The van der Waals surface area contributed by atoms with E-state index >= 15 is 0 Å². The second-order valence-electron chi connectivity index (χ2n) is 6.92. The van der Waals surface area contributed by atoms with E-state index in [4.69, 9.17) is 0 Å². The molecule has 0 bridgehead atoms. The Morgan fingerprint density at radius 2 is 1.89 bits per heavy atom. The number of fused-ring (bicyclic) bond motifs is 1. The number of hydrogen-bond acceptors (Lipinski definition) is 2. The minimum absolute atomic E-state index is 0.528. The summed E-state index contributed by atoms with van der Waals surface area (Å²) in [7, 11) is 0. The molecule has 0 saturated heterocycles. The number of benzene rings is 2. The molecule has 0 radical (unpaired) electrons. The van der Waals surface area contributed by atoms with Crippen molar-refractivity contribution in [3.05, 3.63) is 82.9 Å². The minimum atomic E-state index is 0.528. The standard InChI is InChI=1S/C24H22N4/c1-4-18-9-5-8-12-23(18)28-16(2)13-19(17(28)3)14-20(15-25)24-26-21-10-6-7-11-22(21)27-24/h5-14H,4H2,1-3H3,(H,26,27)/b20-14-. The van der Waals surface area contributed by atoms with Crippen LogP contribution in [0, 0.1) is 25.2 Å². The maximum Gasteiger partial charge on any atom is 0.149 e. The first-order valence-corrected chi connectivity index (χ1v) is 9.46. The van der Waals surface area contributed by atoms with E-state index in [9.17, 15) is 5.26 Å². The molecule has 0 aliphatic rings. The Balaban J connectivity index is 1.82. The van der Waals surface area contributed by atoms with Crippen molar-refractivity contribution in [2.24, 2.45) is 0 Å².